The summed E-state index contributed by atoms with van der Waals surface area (Å²) in [6, 6.07) is 115. The molecule has 470 valence electrons. The Bertz CT molecular complexity index is 7050. The first-order chi connectivity index (χ1) is 50.0. The summed E-state index contributed by atoms with van der Waals surface area (Å²) in [6.45, 7) is 0. The predicted molar refractivity (Wildman–Crippen MR) is 427 cm³/mol. The first-order valence-corrected chi connectivity index (χ1v) is 35.8. The van der Waals surface area contributed by atoms with E-state index < -0.39 is 0 Å². The summed E-state index contributed by atoms with van der Waals surface area (Å²) in [5, 5.41) is 20.8. The van der Waals surface area contributed by atoms with E-state index in [-0.39, 0.29) is 0 Å². The Kier molecular flexibility index (Phi) is 11.4. The third-order valence-corrected chi connectivity index (χ3v) is 23.5. The van der Waals surface area contributed by atoms with Crippen molar-refractivity contribution in [1.82, 2.24) is 9.13 Å². The van der Waals surface area contributed by atoms with Crippen LogP contribution in [0.2, 0.25) is 0 Å². The van der Waals surface area contributed by atoms with Crippen LogP contribution >= 0.6 is 22.7 Å². The summed E-state index contributed by atoms with van der Waals surface area (Å²) >= 11 is 3.67. The van der Waals surface area contributed by atoms with Crippen molar-refractivity contribution in [2.75, 3.05) is 9.80 Å². The number of fused-ring (bicyclic) bond motifs is 25. The van der Waals surface area contributed by atoms with Crippen molar-refractivity contribution in [1.29, 1.82) is 0 Å². The number of para-hydroxylation sites is 2. The average Bonchev–Trinajstić information content (AvgIpc) is 1.59. The van der Waals surface area contributed by atoms with E-state index in [0.29, 0.717) is 0 Å². The molecule has 0 aliphatic heterocycles. The molecule has 7 heterocycles. The van der Waals surface area contributed by atoms with Crippen molar-refractivity contribution in [2.24, 2.45) is 0 Å². The number of nitrogens with zero attached hydrogens (tertiary/aromatic N) is 4. The first-order valence-electron chi connectivity index (χ1n) is 34.2. The van der Waals surface area contributed by atoms with Crippen molar-refractivity contribution in [2.45, 2.75) is 0 Å². The Hall–Kier alpha value is -12.9. The summed E-state index contributed by atoms with van der Waals surface area (Å²) in [6.07, 6.45) is 0. The van der Waals surface area contributed by atoms with Crippen LogP contribution in [0.15, 0.2) is 329 Å². The van der Waals surface area contributed by atoms with Gasteiger partial charge in [0.1, 0.15) is 33.5 Å². The van der Waals surface area contributed by atoms with Crippen molar-refractivity contribution < 1.29 is 13.3 Å². The van der Waals surface area contributed by atoms with Crippen LogP contribution in [0.4, 0.5) is 34.1 Å². The lowest BCUT2D eigenvalue weighted by atomic mass is 10.0. The molecule has 101 heavy (non-hydrogen) atoms. The van der Waals surface area contributed by atoms with Gasteiger partial charge in [-0.05, 0) is 167 Å². The van der Waals surface area contributed by atoms with E-state index in [1.807, 2.05) is 22.7 Å². The standard InChI is InChI=1S/C92H52N4O3S2/c1-3-17-55(18-4-1)95-77-41-27-53-15-7-9-21-63(53)91(77)71-39-33-57(43-79(71)95)93(61-31-37-69-67-23-11-13-25-87(67)100-89(69)47-61)59-29-35-65-73-49-85-75(51-83(73)97-81(65)45-59)76-52-84-74(50-86(76)99-85)66-36-30-60(46-82(66)98-84)94(62-32-38-70-68-24-12-14-26-88(68)101-90(70)48-62)58-34-40-72-80(44-58)96(56-19-5-2-6-20-56)78-42-28-54-16-8-10-22-64(54)92(72)78/h1-52H. The molecule has 0 aliphatic rings. The predicted octanol–water partition coefficient (Wildman–Crippen LogP) is 27.6. The van der Waals surface area contributed by atoms with Crippen LogP contribution in [0.5, 0.6) is 0 Å². The number of benzene rings is 16. The van der Waals surface area contributed by atoms with Crippen LogP contribution < -0.4 is 9.80 Å². The van der Waals surface area contributed by atoms with Crippen molar-refractivity contribution in [3.63, 3.8) is 0 Å². The Balaban J connectivity index is 0.661. The van der Waals surface area contributed by atoms with Gasteiger partial charge in [-0.3, -0.25) is 0 Å². The summed E-state index contributed by atoms with van der Waals surface area (Å²) in [5.74, 6) is 0. The topological polar surface area (TPSA) is 55.8 Å². The van der Waals surface area contributed by atoms with Crippen LogP contribution in [0.25, 0.3) is 183 Å². The Morgan fingerprint density at radius 2 is 0.525 bits per heavy atom. The normalized spacial score (nSPS) is 12.4. The lowest BCUT2D eigenvalue weighted by molar-refractivity contribution is 0.662. The minimum absolute atomic E-state index is 0.783. The summed E-state index contributed by atoms with van der Waals surface area (Å²) < 4.78 is 30.9. The molecule has 0 bridgehead atoms. The van der Waals surface area contributed by atoms with Crippen LogP contribution in [0, 0.1) is 0 Å². The fourth-order valence-electron chi connectivity index (χ4n) is 16.7. The maximum atomic E-state index is 7.05. The zero-order chi connectivity index (χ0) is 65.7. The summed E-state index contributed by atoms with van der Waals surface area (Å²) in [5.41, 5.74) is 17.7. The smallest absolute Gasteiger partial charge is 0.137 e. The lowest BCUT2D eigenvalue weighted by Crippen LogP contribution is -2.10. The second-order valence-electron chi connectivity index (χ2n) is 26.7. The minimum Gasteiger partial charge on any atom is -0.456 e. The molecule has 0 fully saturated rings. The van der Waals surface area contributed by atoms with Gasteiger partial charge in [0.05, 0.1) is 22.1 Å². The monoisotopic (exact) mass is 1320 g/mol. The van der Waals surface area contributed by atoms with Gasteiger partial charge in [-0.25, -0.2) is 0 Å². The number of rotatable bonds is 8. The minimum atomic E-state index is 0.783. The fourth-order valence-corrected chi connectivity index (χ4v) is 19.0. The molecule has 0 saturated heterocycles. The molecule has 16 aromatic carbocycles. The highest BCUT2D eigenvalue weighted by atomic mass is 32.1. The van der Waals surface area contributed by atoms with Crippen LogP contribution in [-0.2, 0) is 0 Å². The fraction of sp³-hybridized carbons (Fsp3) is 0. The maximum Gasteiger partial charge on any atom is 0.137 e. The molecule has 0 spiro atoms. The quantitative estimate of drug-likeness (QED) is 0.152. The number of anilines is 6. The largest absolute Gasteiger partial charge is 0.456 e. The third kappa shape index (κ3) is 8.09. The van der Waals surface area contributed by atoms with E-state index >= 15 is 0 Å². The van der Waals surface area contributed by atoms with Gasteiger partial charge in [-0.1, -0.05) is 158 Å². The van der Waals surface area contributed by atoms with Crippen molar-refractivity contribution >= 4 is 228 Å². The lowest BCUT2D eigenvalue weighted by Gasteiger charge is -2.26. The number of aromatic nitrogens is 2. The van der Waals surface area contributed by atoms with Crippen LogP contribution in [0.1, 0.15) is 0 Å². The van der Waals surface area contributed by atoms with Crippen LogP contribution in [0.3, 0.4) is 0 Å². The van der Waals surface area contributed by atoms with Crippen molar-refractivity contribution in [3.8, 4) is 11.4 Å². The van der Waals surface area contributed by atoms with Gasteiger partial charge in [0.25, 0.3) is 0 Å². The van der Waals surface area contributed by atoms with Gasteiger partial charge in [0, 0.05) is 152 Å². The van der Waals surface area contributed by atoms with E-state index in [1.54, 1.807) is 0 Å². The van der Waals surface area contributed by atoms with Crippen LogP contribution in [-0.4, -0.2) is 9.13 Å². The van der Waals surface area contributed by atoms with E-state index in [2.05, 4.69) is 334 Å². The zero-order valence-corrected chi connectivity index (χ0v) is 55.5. The SMILES string of the molecule is c1ccc(-n2c3cc(N(c4ccc5c(c4)oc4cc6c(cc45)oc4cc5c(cc46)oc4cc(N(c6ccc7c(c6)sc6ccccc67)c6ccc7c8c9ccccc9ccc8n(-c8ccccc8)c7c6)ccc45)c4ccc5c(c4)sc4ccccc45)ccc3c3c4ccccc4ccc32)cc1. The van der Waals surface area contributed by atoms with Gasteiger partial charge < -0.3 is 32.2 Å². The number of furan rings is 3. The molecule has 0 atom stereocenters. The van der Waals surface area contributed by atoms with Gasteiger partial charge >= 0.3 is 0 Å². The zero-order valence-electron chi connectivity index (χ0n) is 53.9. The van der Waals surface area contributed by atoms with E-state index in [0.717, 1.165) is 122 Å². The second kappa shape index (κ2) is 20.8. The maximum absolute atomic E-state index is 7.05. The number of hydrogen-bond donors (Lipinski definition) is 0. The molecule has 0 saturated carbocycles. The van der Waals surface area contributed by atoms with E-state index in [1.165, 1.54) is 94.5 Å². The Morgan fingerprint density at radius 3 is 0.950 bits per heavy atom. The number of hydrogen-bond acceptors (Lipinski definition) is 7. The van der Waals surface area contributed by atoms with Gasteiger partial charge in [-0.2, -0.15) is 0 Å². The molecule has 9 heteroatoms. The molecular formula is C92H52N4O3S2. The molecular weight excluding hydrogens is 1270 g/mol. The molecule has 0 aliphatic carbocycles. The molecule has 0 N–H and O–H groups in total. The molecule has 0 unspecified atom stereocenters. The highest BCUT2D eigenvalue weighted by Crippen LogP contribution is 2.50. The highest BCUT2D eigenvalue weighted by Gasteiger charge is 2.26. The highest BCUT2D eigenvalue weighted by molar-refractivity contribution is 7.26. The second-order valence-corrected chi connectivity index (χ2v) is 28.9. The summed E-state index contributed by atoms with van der Waals surface area (Å²) in [7, 11) is 0. The van der Waals surface area contributed by atoms with E-state index in [9.17, 15) is 0 Å². The Labute approximate surface area is 583 Å². The first kappa shape index (κ1) is 55.1. The van der Waals surface area contributed by atoms with Crippen molar-refractivity contribution in [3.05, 3.63) is 315 Å². The molecule has 23 rings (SSSR count). The van der Waals surface area contributed by atoms with Gasteiger partial charge in [0.2, 0.25) is 0 Å². The Morgan fingerprint density at radius 1 is 0.208 bits per heavy atom. The molecule has 7 nitrogen and oxygen atoms in total. The van der Waals surface area contributed by atoms with Gasteiger partial charge in [0.15, 0.2) is 0 Å². The molecule has 7 aromatic heterocycles. The molecule has 0 radical (unpaired) electrons. The molecule has 0 amide bonds. The van der Waals surface area contributed by atoms with Gasteiger partial charge in [-0.15, -0.1) is 22.7 Å². The summed E-state index contributed by atoms with van der Waals surface area (Å²) in [4.78, 5) is 4.77. The van der Waals surface area contributed by atoms with E-state index in [4.69, 9.17) is 13.3 Å². The number of thiophene rings is 2. The molecule has 23 aromatic rings. The average molecular weight is 1330 g/mol. The third-order valence-electron chi connectivity index (χ3n) is 21.2.